The minimum atomic E-state index is -0.450. The molecule has 3 rings (SSSR count). The maximum Gasteiger partial charge on any atom is 0.209 e. The number of carbonyl (C=O) groups is 1. The third-order valence-electron chi connectivity index (χ3n) is 4.53. The lowest BCUT2D eigenvalue weighted by Gasteiger charge is -2.13. The molecule has 2 aromatic carbocycles. The molecule has 0 amide bonds. The van der Waals surface area contributed by atoms with E-state index in [4.69, 9.17) is 9.99 Å². The fraction of sp³-hybridized carbons (Fsp3) is 0.208. The Hall–Kier alpha value is -3.22. The molecule has 0 spiro atoms. The smallest absolute Gasteiger partial charge is 0.209 e. The molecule has 5 nitrogen and oxygen atoms in total. The molecule has 1 atom stereocenters. The molecule has 0 aliphatic carbocycles. The van der Waals surface area contributed by atoms with Crippen molar-refractivity contribution in [2.75, 3.05) is 6.61 Å². The number of benzene rings is 2. The van der Waals surface area contributed by atoms with Crippen LogP contribution in [0.5, 0.6) is 5.75 Å². The van der Waals surface area contributed by atoms with Crippen molar-refractivity contribution in [3.63, 3.8) is 0 Å². The number of ketones is 1. The van der Waals surface area contributed by atoms with Gasteiger partial charge in [-0.15, -0.1) is 0 Å². The van der Waals surface area contributed by atoms with Crippen molar-refractivity contribution in [3.05, 3.63) is 95.1 Å². The van der Waals surface area contributed by atoms with E-state index in [1.165, 1.54) is 12.3 Å². The molecule has 156 valence electrons. The van der Waals surface area contributed by atoms with Crippen LogP contribution in [0.1, 0.15) is 34.1 Å². The van der Waals surface area contributed by atoms with Crippen molar-refractivity contribution < 1.29 is 24.1 Å². The quantitative estimate of drug-likeness (QED) is 0.302. The topological polar surface area (TPSA) is 60.7 Å². The van der Waals surface area contributed by atoms with Crippen LogP contribution in [-0.4, -0.2) is 28.3 Å². The number of halogens is 1. The van der Waals surface area contributed by atoms with Crippen molar-refractivity contribution in [1.29, 1.82) is 0 Å². The van der Waals surface area contributed by atoms with Crippen LogP contribution in [0.15, 0.2) is 66.9 Å². The second-order valence-corrected chi connectivity index (χ2v) is 7.09. The molecule has 0 saturated heterocycles. The zero-order valence-corrected chi connectivity index (χ0v) is 16.9. The normalized spacial score (nSPS) is 12.3. The van der Waals surface area contributed by atoms with Gasteiger partial charge in [0.2, 0.25) is 5.78 Å². The van der Waals surface area contributed by atoms with Crippen molar-refractivity contribution in [2.24, 2.45) is 0 Å². The van der Waals surface area contributed by atoms with Gasteiger partial charge in [0.1, 0.15) is 24.3 Å². The Morgan fingerprint density at radius 3 is 2.70 bits per heavy atom. The average Bonchev–Trinajstić information content (AvgIpc) is 3.09. The van der Waals surface area contributed by atoms with Gasteiger partial charge in [0.15, 0.2) is 0 Å². The Morgan fingerprint density at radius 1 is 1.20 bits per heavy atom. The minimum Gasteiger partial charge on any atom is -0.488 e. The Balaban J connectivity index is 1.71. The molecule has 6 heteroatoms. The summed E-state index contributed by atoms with van der Waals surface area (Å²) in [6.45, 7) is 4.14. The fourth-order valence-electron chi connectivity index (χ4n) is 3.03. The van der Waals surface area contributed by atoms with Gasteiger partial charge in [-0.2, -0.15) is 0 Å². The average molecular weight is 409 g/mol. The number of hydrogen-bond donors (Lipinski definition) is 1. The molecular formula is C24H24FNO4. The van der Waals surface area contributed by atoms with Gasteiger partial charge >= 0.3 is 0 Å². The number of nitrogens with zero attached hydrogens (tertiary/aromatic N) is 1. The lowest BCUT2D eigenvalue weighted by molar-refractivity contribution is -0.253. The summed E-state index contributed by atoms with van der Waals surface area (Å²) in [5, 5.41) is 8.50. The summed E-state index contributed by atoms with van der Waals surface area (Å²) >= 11 is 0. The van der Waals surface area contributed by atoms with Crippen LogP contribution >= 0.6 is 0 Å². The number of aromatic nitrogens is 1. The zero-order chi connectivity index (χ0) is 21.5. The molecule has 1 N–H and O–H groups in total. The second kappa shape index (κ2) is 10.0. The molecule has 0 aliphatic rings. The first kappa shape index (κ1) is 21.5. The van der Waals surface area contributed by atoms with E-state index in [1.54, 1.807) is 23.6 Å². The summed E-state index contributed by atoms with van der Waals surface area (Å²) in [7, 11) is 0. The van der Waals surface area contributed by atoms with E-state index in [1.807, 2.05) is 55.5 Å². The Kier molecular flexibility index (Phi) is 7.17. The maximum atomic E-state index is 13.9. The van der Waals surface area contributed by atoms with Gasteiger partial charge in [-0.25, -0.2) is 9.28 Å². The molecule has 0 radical (unpaired) electrons. The first-order valence-corrected chi connectivity index (χ1v) is 9.63. The minimum absolute atomic E-state index is 0.0665. The predicted octanol–water partition coefficient (Wildman–Crippen LogP) is 5.14. The van der Waals surface area contributed by atoms with Crippen LogP contribution in [0.25, 0.3) is 6.08 Å². The van der Waals surface area contributed by atoms with Crippen LogP contribution in [0.4, 0.5) is 4.39 Å². The summed E-state index contributed by atoms with van der Waals surface area (Å²) in [5.74, 6) is -0.0268. The standard InChI is InChI=1S/C24H24FNO4/c1-17-8-10-20(11-9-17)24(27)23-14-21(25)15-26(23)12-4-6-19-5-3-7-22(13-19)30-18(2)16-29-28/h3-11,13-15,18,28H,12,16H2,1-2H3/t18-/m0/s1. The molecule has 0 aliphatic heterocycles. The number of ether oxygens (including phenoxy) is 1. The van der Waals surface area contributed by atoms with Crippen molar-refractivity contribution in [2.45, 2.75) is 26.5 Å². The van der Waals surface area contributed by atoms with Crippen LogP contribution < -0.4 is 4.74 Å². The van der Waals surface area contributed by atoms with Crippen LogP contribution in [0.2, 0.25) is 0 Å². The zero-order valence-electron chi connectivity index (χ0n) is 16.9. The van der Waals surface area contributed by atoms with E-state index in [-0.39, 0.29) is 18.5 Å². The molecule has 1 aromatic heterocycles. The van der Waals surface area contributed by atoms with Crippen LogP contribution in [-0.2, 0) is 11.4 Å². The van der Waals surface area contributed by atoms with E-state index in [2.05, 4.69) is 4.89 Å². The highest BCUT2D eigenvalue weighted by Gasteiger charge is 2.15. The van der Waals surface area contributed by atoms with Crippen molar-refractivity contribution in [3.8, 4) is 5.75 Å². The van der Waals surface area contributed by atoms with Gasteiger partial charge in [-0.1, -0.05) is 54.1 Å². The van der Waals surface area contributed by atoms with Crippen molar-refractivity contribution >= 4 is 11.9 Å². The predicted molar refractivity (Wildman–Crippen MR) is 113 cm³/mol. The number of hydrogen-bond acceptors (Lipinski definition) is 4. The van der Waals surface area contributed by atoms with Gasteiger partial charge in [0.05, 0.1) is 5.69 Å². The Morgan fingerprint density at radius 2 is 1.97 bits per heavy atom. The number of aryl methyl sites for hydroxylation is 1. The SMILES string of the molecule is Cc1ccc(C(=O)c2cc(F)cn2CC=Cc2cccc(O[C@@H](C)COO)c2)cc1. The van der Waals surface area contributed by atoms with Gasteiger partial charge in [-0.3, -0.25) is 10.1 Å². The lowest BCUT2D eigenvalue weighted by atomic mass is 10.1. The largest absolute Gasteiger partial charge is 0.488 e. The number of allylic oxidation sites excluding steroid dienone is 1. The molecular weight excluding hydrogens is 385 g/mol. The van der Waals surface area contributed by atoms with E-state index < -0.39 is 5.82 Å². The monoisotopic (exact) mass is 409 g/mol. The molecule has 3 aromatic rings. The summed E-state index contributed by atoms with van der Waals surface area (Å²) in [4.78, 5) is 16.9. The summed E-state index contributed by atoms with van der Waals surface area (Å²) in [6.07, 6.45) is 4.75. The van der Waals surface area contributed by atoms with E-state index in [0.29, 0.717) is 23.6 Å². The van der Waals surface area contributed by atoms with Gasteiger partial charge in [0.25, 0.3) is 0 Å². The molecule has 30 heavy (non-hydrogen) atoms. The van der Waals surface area contributed by atoms with Gasteiger partial charge in [0, 0.05) is 24.4 Å². The first-order chi connectivity index (χ1) is 14.5. The summed E-state index contributed by atoms with van der Waals surface area (Å²) in [6, 6.07) is 15.9. The second-order valence-electron chi connectivity index (χ2n) is 7.09. The lowest BCUT2D eigenvalue weighted by Crippen LogP contribution is -2.18. The molecule has 0 unspecified atom stereocenters. The molecule has 0 fully saturated rings. The summed E-state index contributed by atoms with van der Waals surface area (Å²) in [5.41, 5.74) is 2.77. The van der Waals surface area contributed by atoms with E-state index in [9.17, 15) is 9.18 Å². The van der Waals surface area contributed by atoms with Crippen LogP contribution in [0.3, 0.4) is 0 Å². The fourth-order valence-corrected chi connectivity index (χ4v) is 3.03. The highest BCUT2D eigenvalue weighted by atomic mass is 19.1. The maximum absolute atomic E-state index is 13.9. The number of carbonyl (C=O) groups excluding carboxylic acids is 1. The number of rotatable bonds is 9. The molecule has 0 bridgehead atoms. The molecule has 1 heterocycles. The van der Waals surface area contributed by atoms with E-state index >= 15 is 0 Å². The van der Waals surface area contributed by atoms with Gasteiger partial charge in [-0.05, 0) is 31.5 Å². The van der Waals surface area contributed by atoms with Gasteiger partial charge < -0.3 is 9.30 Å². The Bertz CT molecular complexity index is 1020. The third kappa shape index (κ3) is 5.65. The van der Waals surface area contributed by atoms with Crippen molar-refractivity contribution in [1.82, 2.24) is 4.57 Å². The highest BCUT2D eigenvalue weighted by molar-refractivity contribution is 6.08. The first-order valence-electron chi connectivity index (χ1n) is 9.63. The third-order valence-corrected chi connectivity index (χ3v) is 4.53. The summed E-state index contributed by atoms with van der Waals surface area (Å²) < 4.78 is 21.1. The highest BCUT2D eigenvalue weighted by Crippen LogP contribution is 2.18. The molecule has 0 saturated carbocycles. The van der Waals surface area contributed by atoms with Crippen LogP contribution in [0, 0.1) is 12.7 Å². The Labute approximate surface area is 174 Å². The van der Waals surface area contributed by atoms with E-state index in [0.717, 1.165) is 11.1 Å².